The number of hydrogen-bond donors (Lipinski definition) is 2. The van der Waals surface area contributed by atoms with Gasteiger partial charge < -0.3 is 19.9 Å². The number of carboxylic acids is 1. The molecule has 2 N–H and O–H groups in total. The predicted molar refractivity (Wildman–Crippen MR) is 71.1 cm³/mol. The van der Waals surface area contributed by atoms with Gasteiger partial charge in [0.2, 0.25) is 6.10 Å². The van der Waals surface area contributed by atoms with E-state index in [1.807, 2.05) is 0 Å². The Morgan fingerprint density at radius 2 is 2.25 bits per heavy atom. The minimum Gasteiger partial charge on any atom is -0.478 e. The molecule has 1 heterocycles. The number of carboxylic acid groups (broad SMARTS) is 1. The average Bonchev–Trinajstić information content (AvgIpc) is 2.46. The van der Waals surface area contributed by atoms with Crippen LogP contribution in [0.5, 0.6) is 5.75 Å². The van der Waals surface area contributed by atoms with E-state index >= 15 is 0 Å². The molecule has 0 fully saturated rings. The Morgan fingerprint density at radius 3 is 2.95 bits per heavy atom. The molecule has 0 saturated carbocycles. The van der Waals surface area contributed by atoms with Crippen molar-refractivity contribution in [1.29, 1.82) is 0 Å². The van der Waals surface area contributed by atoms with Crippen LogP contribution in [-0.2, 0) is 9.53 Å². The van der Waals surface area contributed by atoms with Gasteiger partial charge in [0.15, 0.2) is 0 Å². The third-order valence-corrected chi connectivity index (χ3v) is 2.88. The van der Waals surface area contributed by atoms with Crippen LogP contribution in [0.3, 0.4) is 0 Å². The van der Waals surface area contributed by atoms with Gasteiger partial charge in [-0.1, -0.05) is 12.1 Å². The van der Waals surface area contributed by atoms with Crippen molar-refractivity contribution < 1.29 is 24.2 Å². The normalized spacial score (nSPS) is 17.1. The molecule has 1 aliphatic heterocycles. The molecule has 0 bridgehead atoms. The van der Waals surface area contributed by atoms with Gasteiger partial charge in [0.25, 0.3) is 0 Å². The fraction of sp³-hybridized carbons (Fsp3) is 0.385. The summed E-state index contributed by atoms with van der Waals surface area (Å²) in [7, 11) is 1.54. The molecule has 0 aliphatic carbocycles. The lowest BCUT2D eigenvalue weighted by Crippen LogP contribution is -2.50. The van der Waals surface area contributed by atoms with E-state index < -0.39 is 12.1 Å². The molecule has 2 rings (SSSR count). The van der Waals surface area contributed by atoms with Crippen LogP contribution >= 0.6 is 0 Å². The second-order valence-corrected chi connectivity index (χ2v) is 4.25. The lowest BCUT2D eigenvalue weighted by Gasteiger charge is -2.32. The number of carbonyl (C=O) groups excluding carboxylic acids is 1. The molecule has 2 amide bonds. The lowest BCUT2D eigenvalue weighted by atomic mass is 10.2. The molecule has 1 aliphatic rings. The summed E-state index contributed by atoms with van der Waals surface area (Å²) in [5.74, 6) is -0.720. The zero-order chi connectivity index (χ0) is 14.5. The van der Waals surface area contributed by atoms with Crippen LogP contribution in [0.15, 0.2) is 24.3 Å². The lowest BCUT2D eigenvalue weighted by molar-refractivity contribution is -0.144. The highest BCUT2D eigenvalue weighted by molar-refractivity contribution is 5.95. The second-order valence-electron chi connectivity index (χ2n) is 4.25. The van der Waals surface area contributed by atoms with Crippen LogP contribution in [0.1, 0.15) is 0 Å². The van der Waals surface area contributed by atoms with Gasteiger partial charge in [0.05, 0.1) is 18.8 Å². The Hall–Kier alpha value is -2.28. The van der Waals surface area contributed by atoms with Crippen LogP contribution in [0.4, 0.5) is 10.5 Å². The number of rotatable bonds is 4. The molecule has 7 heteroatoms. The first kappa shape index (κ1) is 14.1. The zero-order valence-corrected chi connectivity index (χ0v) is 11.0. The first-order chi connectivity index (χ1) is 9.63. The smallest absolute Gasteiger partial charge is 0.346 e. The number of amides is 2. The summed E-state index contributed by atoms with van der Waals surface area (Å²) in [4.78, 5) is 24.6. The van der Waals surface area contributed by atoms with Gasteiger partial charge in [-0.2, -0.15) is 0 Å². The first-order valence-electron chi connectivity index (χ1n) is 6.16. The number of fused-ring (bicyclic) bond motifs is 1. The molecule has 0 radical (unpaired) electrons. The number of nitrogens with zero attached hydrogens (tertiary/aromatic N) is 1. The van der Waals surface area contributed by atoms with Gasteiger partial charge >= 0.3 is 12.0 Å². The van der Waals surface area contributed by atoms with E-state index in [-0.39, 0.29) is 12.6 Å². The number of methoxy groups -OCH3 is 1. The number of para-hydroxylation sites is 2. The van der Waals surface area contributed by atoms with E-state index in [2.05, 4.69) is 5.32 Å². The highest BCUT2D eigenvalue weighted by Crippen LogP contribution is 2.33. The van der Waals surface area contributed by atoms with Gasteiger partial charge in [-0.3, -0.25) is 4.90 Å². The minimum atomic E-state index is -1.10. The molecule has 1 atom stereocenters. The summed E-state index contributed by atoms with van der Waals surface area (Å²) in [5, 5.41) is 11.7. The largest absolute Gasteiger partial charge is 0.478 e. The first-order valence-corrected chi connectivity index (χ1v) is 6.16. The second kappa shape index (κ2) is 6.25. The van der Waals surface area contributed by atoms with E-state index in [4.69, 9.17) is 14.6 Å². The third kappa shape index (κ3) is 3.00. The number of anilines is 1. The van der Waals surface area contributed by atoms with Crippen molar-refractivity contribution in [3.63, 3.8) is 0 Å². The molecule has 1 aromatic rings. The summed E-state index contributed by atoms with van der Waals surface area (Å²) in [6.45, 7) is 0.706. The molecule has 20 heavy (non-hydrogen) atoms. The van der Waals surface area contributed by atoms with Crippen molar-refractivity contribution >= 4 is 17.7 Å². The average molecular weight is 280 g/mol. The summed E-state index contributed by atoms with van der Waals surface area (Å²) in [6, 6.07) is 6.47. The summed E-state index contributed by atoms with van der Waals surface area (Å²) < 4.78 is 10.2. The standard InChI is InChI=1S/C13H16N2O5/c1-19-7-6-14-13(18)15-8-11(12(16)17)20-10-5-3-2-4-9(10)15/h2-5,11H,6-8H2,1H3,(H,14,18)(H,16,17). The quantitative estimate of drug-likeness (QED) is 0.792. The van der Waals surface area contributed by atoms with Gasteiger partial charge in [-0.05, 0) is 12.1 Å². The maximum atomic E-state index is 12.1. The van der Waals surface area contributed by atoms with Crippen LogP contribution < -0.4 is 15.0 Å². The highest BCUT2D eigenvalue weighted by Gasteiger charge is 2.33. The molecule has 0 spiro atoms. The number of ether oxygens (including phenoxy) is 2. The molecule has 1 aromatic carbocycles. The number of carbonyl (C=O) groups is 2. The maximum Gasteiger partial charge on any atom is 0.346 e. The van der Waals surface area contributed by atoms with Gasteiger partial charge in [0, 0.05) is 13.7 Å². The predicted octanol–water partition coefficient (Wildman–Crippen LogP) is 0.695. The minimum absolute atomic E-state index is 0.0365. The van der Waals surface area contributed by atoms with E-state index in [0.29, 0.717) is 24.6 Å². The van der Waals surface area contributed by atoms with Crippen molar-refractivity contribution in [3.8, 4) is 5.75 Å². The Labute approximate surface area is 116 Å². The van der Waals surface area contributed by atoms with Gasteiger partial charge in [-0.15, -0.1) is 0 Å². The Kier molecular flexibility index (Phi) is 4.41. The zero-order valence-electron chi connectivity index (χ0n) is 11.0. The fourth-order valence-electron chi connectivity index (χ4n) is 1.91. The van der Waals surface area contributed by atoms with Gasteiger partial charge in [-0.25, -0.2) is 9.59 Å². The van der Waals surface area contributed by atoms with Crippen LogP contribution in [-0.4, -0.2) is 50.0 Å². The monoisotopic (exact) mass is 280 g/mol. The SMILES string of the molecule is COCCNC(=O)N1CC(C(=O)O)Oc2ccccc21. The van der Waals surface area contributed by atoms with Gasteiger partial charge in [0.1, 0.15) is 5.75 Å². The molecule has 1 unspecified atom stereocenters. The van der Waals surface area contributed by atoms with E-state index in [0.717, 1.165) is 0 Å². The third-order valence-electron chi connectivity index (χ3n) is 2.88. The number of nitrogens with one attached hydrogen (secondary N) is 1. The topological polar surface area (TPSA) is 88.1 Å². The molecule has 0 saturated heterocycles. The number of urea groups is 1. The highest BCUT2D eigenvalue weighted by atomic mass is 16.5. The number of aliphatic carboxylic acids is 1. The van der Waals surface area contributed by atoms with E-state index in [1.54, 1.807) is 24.3 Å². The van der Waals surface area contributed by atoms with Crippen LogP contribution in [0.25, 0.3) is 0 Å². The number of hydrogen-bond acceptors (Lipinski definition) is 4. The molecular formula is C13H16N2O5. The molecule has 0 aromatic heterocycles. The van der Waals surface area contributed by atoms with E-state index in [1.165, 1.54) is 12.0 Å². The van der Waals surface area contributed by atoms with Crippen molar-refractivity contribution in [3.05, 3.63) is 24.3 Å². The van der Waals surface area contributed by atoms with Crippen molar-refractivity contribution in [1.82, 2.24) is 5.32 Å². The van der Waals surface area contributed by atoms with Crippen molar-refractivity contribution in [2.45, 2.75) is 6.10 Å². The van der Waals surface area contributed by atoms with Crippen molar-refractivity contribution in [2.75, 3.05) is 31.7 Å². The van der Waals surface area contributed by atoms with Crippen molar-refractivity contribution in [2.24, 2.45) is 0 Å². The Balaban J connectivity index is 2.18. The molecular weight excluding hydrogens is 264 g/mol. The molecule has 108 valence electrons. The Bertz CT molecular complexity index is 505. The van der Waals surface area contributed by atoms with Crippen LogP contribution in [0.2, 0.25) is 0 Å². The Morgan fingerprint density at radius 1 is 1.50 bits per heavy atom. The van der Waals surface area contributed by atoms with Crippen LogP contribution in [0, 0.1) is 0 Å². The molecule has 7 nitrogen and oxygen atoms in total. The van der Waals surface area contributed by atoms with E-state index in [9.17, 15) is 9.59 Å². The summed E-state index contributed by atoms with van der Waals surface area (Å²) in [5.41, 5.74) is 0.555. The fourth-order valence-corrected chi connectivity index (χ4v) is 1.91. The summed E-state index contributed by atoms with van der Waals surface area (Å²) in [6.07, 6.45) is -1.07. The summed E-state index contributed by atoms with van der Waals surface area (Å²) >= 11 is 0. The maximum absolute atomic E-state index is 12.1. The number of benzene rings is 1.